The normalized spacial score (nSPS) is 12.5. The van der Waals surface area contributed by atoms with Crippen LogP contribution in [0.3, 0.4) is 0 Å². The molecular weight excluding hydrogens is 356 g/mol. The molecule has 0 atom stereocenters. The van der Waals surface area contributed by atoms with E-state index in [2.05, 4.69) is 10.3 Å². The second kappa shape index (κ2) is 10.3. The lowest BCUT2D eigenvalue weighted by Gasteiger charge is -2.11. The maximum atomic E-state index is 9.11. The van der Waals surface area contributed by atoms with E-state index < -0.39 is 0 Å². The van der Waals surface area contributed by atoms with Crippen molar-refractivity contribution < 1.29 is 19.9 Å². The van der Waals surface area contributed by atoms with Gasteiger partial charge in [0.25, 0.3) is 0 Å². The van der Waals surface area contributed by atoms with Crippen LogP contribution in [-0.4, -0.2) is 35.1 Å². The molecule has 2 rings (SSSR count). The summed E-state index contributed by atoms with van der Waals surface area (Å²) >= 11 is 0. The Morgan fingerprint density at radius 2 is 1.00 bits per heavy atom. The van der Waals surface area contributed by atoms with Gasteiger partial charge in [0.05, 0.1) is 11.4 Å². The van der Waals surface area contributed by atoms with Gasteiger partial charge in [0, 0.05) is 0 Å². The molecule has 0 aliphatic heterocycles. The average Bonchev–Trinajstić information content (AvgIpc) is 2.68. The van der Waals surface area contributed by atoms with E-state index in [1.807, 2.05) is 76.2 Å². The lowest BCUT2D eigenvalue weighted by atomic mass is 10.0. The monoisotopic (exact) mass is 384 g/mol. The van der Waals surface area contributed by atoms with E-state index in [0.29, 0.717) is 24.6 Å². The van der Waals surface area contributed by atoms with Crippen LogP contribution in [0.25, 0.3) is 0 Å². The smallest absolute Gasteiger partial charge is 0.122 e. The number of oxime groups is 2. The molecule has 0 heterocycles. The lowest BCUT2D eigenvalue weighted by molar-refractivity contribution is 0.217. The number of ether oxygens (including phenoxy) is 2. The van der Waals surface area contributed by atoms with Crippen molar-refractivity contribution >= 4 is 11.4 Å². The van der Waals surface area contributed by atoms with Gasteiger partial charge in [0.1, 0.15) is 24.7 Å². The Balaban J connectivity index is 1.83. The van der Waals surface area contributed by atoms with Gasteiger partial charge in [0.15, 0.2) is 0 Å². The molecule has 6 heteroatoms. The molecule has 28 heavy (non-hydrogen) atoms. The maximum Gasteiger partial charge on any atom is 0.122 e. The van der Waals surface area contributed by atoms with Gasteiger partial charge in [-0.3, -0.25) is 0 Å². The van der Waals surface area contributed by atoms with Crippen molar-refractivity contribution in [3.63, 3.8) is 0 Å². The van der Waals surface area contributed by atoms with Crippen molar-refractivity contribution in [3.05, 3.63) is 59.7 Å². The van der Waals surface area contributed by atoms with E-state index in [9.17, 15) is 0 Å². The molecule has 150 valence electrons. The molecule has 0 aliphatic rings. The minimum absolute atomic E-state index is 0.136. The van der Waals surface area contributed by atoms with E-state index in [1.54, 1.807) is 0 Å². The van der Waals surface area contributed by atoms with E-state index in [1.165, 1.54) is 0 Å². The minimum atomic E-state index is 0.136. The highest BCUT2D eigenvalue weighted by Gasteiger charge is 2.10. The van der Waals surface area contributed by atoms with Crippen LogP contribution in [0.5, 0.6) is 11.5 Å². The second-order valence-corrected chi connectivity index (χ2v) is 7.03. The molecular formula is C22H28N2O4. The molecule has 2 aromatic rings. The van der Waals surface area contributed by atoms with Gasteiger partial charge in [-0.25, -0.2) is 0 Å². The van der Waals surface area contributed by atoms with Crippen molar-refractivity contribution in [1.29, 1.82) is 0 Å². The predicted molar refractivity (Wildman–Crippen MR) is 110 cm³/mol. The fourth-order valence-corrected chi connectivity index (χ4v) is 2.78. The van der Waals surface area contributed by atoms with Crippen LogP contribution in [-0.2, 0) is 0 Å². The molecule has 0 saturated heterocycles. The molecule has 2 aromatic carbocycles. The summed E-state index contributed by atoms with van der Waals surface area (Å²) in [5, 5.41) is 24.9. The summed E-state index contributed by atoms with van der Waals surface area (Å²) in [6.07, 6.45) is 0. The summed E-state index contributed by atoms with van der Waals surface area (Å²) in [4.78, 5) is 0. The number of hydrogen-bond acceptors (Lipinski definition) is 6. The van der Waals surface area contributed by atoms with Gasteiger partial charge < -0.3 is 19.9 Å². The van der Waals surface area contributed by atoms with Crippen LogP contribution >= 0.6 is 0 Å². The molecule has 0 saturated carbocycles. The van der Waals surface area contributed by atoms with Crippen molar-refractivity contribution in [2.45, 2.75) is 27.7 Å². The summed E-state index contributed by atoms with van der Waals surface area (Å²) in [6.45, 7) is 8.71. The zero-order chi connectivity index (χ0) is 20.5. The molecule has 0 unspecified atom stereocenters. The zero-order valence-electron chi connectivity index (χ0n) is 16.8. The molecule has 0 amide bonds. The Morgan fingerprint density at radius 1 is 0.679 bits per heavy atom. The van der Waals surface area contributed by atoms with Crippen molar-refractivity contribution in [3.8, 4) is 11.5 Å². The zero-order valence-corrected chi connectivity index (χ0v) is 16.8. The minimum Gasteiger partial charge on any atom is -0.490 e. The Morgan fingerprint density at radius 3 is 1.25 bits per heavy atom. The van der Waals surface area contributed by atoms with Crippen LogP contribution < -0.4 is 9.47 Å². The third-order valence-corrected chi connectivity index (χ3v) is 4.23. The third-order valence-electron chi connectivity index (χ3n) is 4.23. The van der Waals surface area contributed by atoms with Gasteiger partial charge in [-0.2, -0.15) is 0 Å². The van der Waals surface area contributed by atoms with E-state index in [-0.39, 0.29) is 11.8 Å². The van der Waals surface area contributed by atoms with E-state index in [4.69, 9.17) is 19.9 Å². The standard InChI is InChI=1S/C22H28N2O4/c1-15(2)21(23-25)17-5-9-19(10-6-17)27-13-14-28-20-11-7-18(8-12-20)22(24-26)16(3)4/h5-12,15-16,25-26H,13-14H2,1-4H3/b23-21-,24-22+. The van der Waals surface area contributed by atoms with E-state index >= 15 is 0 Å². The highest BCUT2D eigenvalue weighted by molar-refractivity contribution is 6.02. The molecule has 2 N–H and O–H groups in total. The van der Waals surface area contributed by atoms with Gasteiger partial charge in [-0.05, 0) is 71.5 Å². The maximum absolute atomic E-state index is 9.11. The van der Waals surface area contributed by atoms with E-state index in [0.717, 1.165) is 22.6 Å². The third kappa shape index (κ3) is 5.74. The van der Waals surface area contributed by atoms with Crippen LogP contribution in [0.4, 0.5) is 0 Å². The molecule has 0 radical (unpaired) electrons. The number of benzene rings is 2. The molecule has 0 aromatic heterocycles. The summed E-state index contributed by atoms with van der Waals surface area (Å²) in [6, 6.07) is 14.9. The number of hydrogen-bond donors (Lipinski definition) is 2. The fourth-order valence-electron chi connectivity index (χ4n) is 2.78. The van der Waals surface area contributed by atoms with Crippen molar-refractivity contribution in [1.82, 2.24) is 0 Å². The molecule has 0 aliphatic carbocycles. The largest absolute Gasteiger partial charge is 0.490 e. The van der Waals surface area contributed by atoms with Crippen LogP contribution in [0.15, 0.2) is 58.8 Å². The van der Waals surface area contributed by atoms with Crippen molar-refractivity contribution in [2.75, 3.05) is 13.2 Å². The van der Waals surface area contributed by atoms with Gasteiger partial charge in [-0.1, -0.05) is 38.0 Å². The highest BCUT2D eigenvalue weighted by atomic mass is 16.5. The van der Waals surface area contributed by atoms with Crippen LogP contribution in [0.1, 0.15) is 38.8 Å². The summed E-state index contributed by atoms with van der Waals surface area (Å²) < 4.78 is 11.4. The summed E-state index contributed by atoms with van der Waals surface area (Å²) in [5.74, 6) is 1.72. The summed E-state index contributed by atoms with van der Waals surface area (Å²) in [7, 11) is 0. The van der Waals surface area contributed by atoms with Crippen molar-refractivity contribution in [2.24, 2.45) is 22.1 Å². The Hall–Kier alpha value is -3.02. The van der Waals surface area contributed by atoms with Crippen LogP contribution in [0, 0.1) is 11.8 Å². The number of nitrogens with zero attached hydrogens (tertiary/aromatic N) is 2. The van der Waals surface area contributed by atoms with Gasteiger partial charge >= 0.3 is 0 Å². The first-order chi connectivity index (χ1) is 13.5. The first-order valence-corrected chi connectivity index (χ1v) is 9.36. The number of rotatable bonds is 9. The average molecular weight is 384 g/mol. The fraction of sp³-hybridized carbons (Fsp3) is 0.364. The molecule has 0 spiro atoms. The first-order valence-electron chi connectivity index (χ1n) is 9.36. The molecule has 0 fully saturated rings. The van der Waals surface area contributed by atoms with Gasteiger partial charge in [0.2, 0.25) is 0 Å². The topological polar surface area (TPSA) is 83.6 Å². The Bertz CT molecular complexity index is 725. The lowest BCUT2D eigenvalue weighted by Crippen LogP contribution is -2.11. The SMILES string of the molecule is CC(C)/C(=N/O)c1ccc(OCCOc2ccc(/C(=N/O)C(C)C)cc2)cc1. The molecule has 0 bridgehead atoms. The molecule has 6 nitrogen and oxygen atoms in total. The highest BCUT2D eigenvalue weighted by Crippen LogP contribution is 2.17. The predicted octanol–water partition coefficient (Wildman–Crippen LogP) is 4.81. The summed E-state index contributed by atoms with van der Waals surface area (Å²) in [5.41, 5.74) is 3.03. The van der Waals surface area contributed by atoms with Crippen LogP contribution in [0.2, 0.25) is 0 Å². The first kappa shape index (κ1) is 21.3. The Labute approximate surface area is 166 Å². The quantitative estimate of drug-likeness (QED) is 0.281. The Kier molecular flexibility index (Phi) is 7.87. The second-order valence-electron chi connectivity index (χ2n) is 7.03. The van der Waals surface area contributed by atoms with Gasteiger partial charge in [-0.15, -0.1) is 0 Å².